The maximum absolute atomic E-state index is 12.8. The summed E-state index contributed by atoms with van der Waals surface area (Å²) in [6.07, 6.45) is 0. The topological polar surface area (TPSA) is 33.2 Å². The molecule has 0 radical (unpaired) electrons. The van der Waals surface area contributed by atoms with Crippen LogP contribution >= 0.6 is 22.7 Å². The average Bonchev–Trinajstić information content (AvgIpc) is 3.20. The zero-order valence-corrected chi connectivity index (χ0v) is 14.1. The van der Waals surface area contributed by atoms with Crippen molar-refractivity contribution in [3.05, 3.63) is 58.4 Å². The van der Waals surface area contributed by atoms with E-state index in [-0.39, 0.29) is 5.91 Å². The molecule has 5 heteroatoms. The first kappa shape index (κ1) is 14.9. The minimum absolute atomic E-state index is 0.0455. The van der Waals surface area contributed by atoms with E-state index in [0.717, 1.165) is 21.1 Å². The van der Waals surface area contributed by atoms with Crippen LogP contribution in [0.3, 0.4) is 0 Å². The molecule has 0 aliphatic rings. The van der Waals surface area contributed by atoms with Crippen LogP contribution < -0.4 is 4.90 Å². The number of hydrogen-bond donors (Lipinski definition) is 0. The fourth-order valence-corrected chi connectivity index (χ4v) is 3.92. The van der Waals surface area contributed by atoms with Crippen LogP contribution in [-0.2, 0) is 0 Å². The number of anilines is 1. The number of amides is 1. The lowest BCUT2D eigenvalue weighted by molar-refractivity contribution is 0.0984. The van der Waals surface area contributed by atoms with Gasteiger partial charge in [-0.25, -0.2) is 4.98 Å². The Morgan fingerprint density at radius 3 is 2.68 bits per heavy atom. The molecule has 0 unspecified atom stereocenters. The third kappa shape index (κ3) is 2.82. The van der Waals surface area contributed by atoms with Crippen molar-refractivity contribution in [3.8, 4) is 9.88 Å². The molecule has 112 valence electrons. The largest absolute Gasteiger partial charge is 0.307 e. The average molecular weight is 328 g/mol. The molecule has 0 aliphatic heterocycles. The van der Waals surface area contributed by atoms with Gasteiger partial charge in [0.25, 0.3) is 5.91 Å². The van der Waals surface area contributed by atoms with Gasteiger partial charge in [-0.3, -0.25) is 4.79 Å². The highest BCUT2D eigenvalue weighted by Gasteiger charge is 2.20. The van der Waals surface area contributed by atoms with Crippen LogP contribution in [0.1, 0.15) is 23.0 Å². The van der Waals surface area contributed by atoms with Crippen LogP contribution in [0.5, 0.6) is 0 Å². The van der Waals surface area contributed by atoms with Gasteiger partial charge < -0.3 is 4.90 Å². The summed E-state index contributed by atoms with van der Waals surface area (Å²) in [4.78, 5) is 20.2. The number of hydrogen-bond acceptors (Lipinski definition) is 4. The van der Waals surface area contributed by atoms with Gasteiger partial charge in [-0.2, -0.15) is 0 Å². The summed E-state index contributed by atoms with van der Waals surface area (Å²) in [7, 11) is 0. The predicted octanol–water partition coefficient (Wildman–Crippen LogP) is 4.85. The molecule has 0 saturated heterocycles. The molecule has 3 rings (SSSR count). The van der Waals surface area contributed by atoms with E-state index >= 15 is 0 Å². The number of aryl methyl sites for hydroxylation is 1. The summed E-state index contributed by atoms with van der Waals surface area (Å²) in [5.74, 6) is -0.0455. The fourth-order valence-electron chi connectivity index (χ4n) is 2.31. The number of thiazole rings is 1. The third-order valence-corrected chi connectivity index (χ3v) is 5.30. The summed E-state index contributed by atoms with van der Waals surface area (Å²) in [5, 5.41) is 4.77. The van der Waals surface area contributed by atoms with Crippen molar-refractivity contribution in [2.24, 2.45) is 0 Å². The van der Waals surface area contributed by atoms with E-state index in [4.69, 9.17) is 0 Å². The molecule has 1 amide bonds. The number of rotatable bonds is 4. The first-order valence-corrected chi connectivity index (χ1v) is 8.83. The highest BCUT2D eigenvalue weighted by molar-refractivity contribution is 7.20. The van der Waals surface area contributed by atoms with Crippen molar-refractivity contribution >= 4 is 34.3 Å². The molecule has 1 aromatic carbocycles. The first-order chi connectivity index (χ1) is 10.7. The second-order valence-electron chi connectivity index (χ2n) is 4.85. The van der Waals surface area contributed by atoms with Crippen molar-refractivity contribution in [2.45, 2.75) is 13.8 Å². The number of nitrogens with zero attached hydrogens (tertiary/aromatic N) is 2. The molecule has 0 saturated carbocycles. The Bertz CT molecular complexity index is 778. The van der Waals surface area contributed by atoms with E-state index in [1.54, 1.807) is 16.2 Å². The minimum atomic E-state index is -0.0455. The molecule has 22 heavy (non-hydrogen) atoms. The predicted molar refractivity (Wildman–Crippen MR) is 94.0 cm³/mol. The fraction of sp³-hybridized carbons (Fsp3) is 0.176. The number of benzene rings is 1. The maximum Gasteiger partial charge on any atom is 0.277 e. The standard InChI is InChI=1S/C17H16N2OS2/c1-3-19(14-8-5-4-7-12(14)2)17(20)13-11-22-16(18-13)15-9-6-10-21-15/h4-11H,3H2,1-2H3. The van der Waals surface area contributed by atoms with E-state index in [0.29, 0.717) is 12.2 Å². The minimum Gasteiger partial charge on any atom is -0.307 e. The molecule has 3 aromatic rings. The number of carbonyl (C=O) groups excluding carboxylic acids is 1. The normalized spacial score (nSPS) is 10.6. The van der Waals surface area contributed by atoms with Crippen LogP contribution in [0.15, 0.2) is 47.2 Å². The van der Waals surface area contributed by atoms with Crippen molar-refractivity contribution in [3.63, 3.8) is 0 Å². The lowest BCUT2D eigenvalue weighted by Gasteiger charge is -2.21. The van der Waals surface area contributed by atoms with E-state index in [1.165, 1.54) is 11.3 Å². The molecule has 0 atom stereocenters. The van der Waals surface area contributed by atoms with Gasteiger partial charge in [0.05, 0.1) is 4.88 Å². The van der Waals surface area contributed by atoms with Gasteiger partial charge in [0.1, 0.15) is 10.7 Å². The van der Waals surface area contributed by atoms with Crippen molar-refractivity contribution in [1.29, 1.82) is 0 Å². The van der Waals surface area contributed by atoms with Gasteiger partial charge in [0.15, 0.2) is 0 Å². The molecule has 0 bridgehead atoms. The SMILES string of the molecule is CCN(C(=O)c1csc(-c2cccs2)n1)c1ccccc1C. The molecule has 0 aliphatic carbocycles. The molecule has 0 fully saturated rings. The molecule has 0 N–H and O–H groups in total. The smallest absolute Gasteiger partial charge is 0.277 e. The summed E-state index contributed by atoms with van der Waals surface area (Å²) in [6.45, 7) is 4.62. The highest BCUT2D eigenvalue weighted by atomic mass is 32.1. The Labute approximate surface area is 137 Å². The van der Waals surface area contributed by atoms with E-state index < -0.39 is 0 Å². The van der Waals surface area contributed by atoms with E-state index in [2.05, 4.69) is 4.98 Å². The van der Waals surface area contributed by atoms with Gasteiger partial charge in [-0.15, -0.1) is 22.7 Å². The summed E-state index contributed by atoms with van der Waals surface area (Å²) in [5.41, 5.74) is 2.55. The Morgan fingerprint density at radius 1 is 1.18 bits per heavy atom. The van der Waals surface area contributed by atoms with Crippen molar-refractivity contribution in [2.75, 3.05) is 11.4 Å². The molecule has 0 spiro atoms. The molecule has 3 nitrogen and oxygen atoms in total. The highest BCUT2D eigenvalue weighted by Crippen LogP contribution is 2.29. The van der Waals surface area contributed by atoms with Crippen LogP contribution in [0.2, 0.25) is 0 Å². The Balaban J connectivity index is 1.91. The molecule has 2 heterocycles. The van der Waals surface area contributed by atoms with Crippen LogP contribution in [-0.4, -0.2) is 17.4 Å². The lowest BCUT2D eigenvalue weighted by atomic mass is 10.1. The Hall–Kier alpha value is -1.98. The van der Waals surface area contributed by atoms with Gasteiger partial charge >= 0.3 is 0 Å². The van der Waals surface area contributed by atoms with Crippen molar-refractivity contribution < 1.29 is 4.79 Å². The first-order valence-electron chi connectivity index (χ1n) is 7.07. The van der Waals surface area contributed by atoms with Crippen LogP contribution in [0, 0.1) is 6.92 Å². The van der Waals surface area contributed by atoms with E-state index in [9.17, 15) is 4.79 Å². The zero-order chi connectivity index (χ0) is 15.5. The quantitative estimate of drug-likeness (QED) is 0.686. The second kappa shape index (κ2) is 6.42. The monoisotopic (exact) mass is 328 g/mol. The van der Waals surface area contributed by atoms with Crippen LogP contribution in [0.4, 0.5) is 5.69 Å². The van der Waals surface area contributed by atoms with Gasteiger partial charge in [0, 0.05) is 17.6 Å². The Kier molecular flexibility index (Phi) is 4.36. The summed E-state index contributed by atoms with van der Waals surface area (Å²) >= 11 is 3.15. The molecule has 2 aromatic heterocycles. The van der Waals surface area contributed by atoms with Gasteiger partial charge in [-0.1, -0.05) is 24.3 Å². The van der Waals surface area contributed by atoms with E-state index in [1.807, 2.05) is 61.0 Å². The number of thiophene rings is 1. The Morgan fingerprint density at radius 2 is 2.00 bits per heavy atom. The van der Waals surface area contributed by atoms with Gasteiger partial charge in [-0.05, 0) is 36.9 Å². The summed E-state index contributed by atoms with van der Waals surface area (Å²) < 4.78 is 0. The third-order valence-electron chi connectivity index (χ3n) is 3.42. The van der Waals surface area contributed by atoms with Gasteiger partial charge in [0.2, 0.25) is 0 Å². The number of carbonyl (C=O) groups is 1. The molecular weight excluding hydrogens is 312 g/mol. The lowest BCUT2D eigenvalue weighted by Crippen LogP contribution is -2.31. The molecular formula is C17H16N2OS2. The zero-order valence-electron chi connectivity index (χ0n) is 12.4. The second-order valence-corrected chi connectivity index (χ2v) is 6.66. The van der Waals surface area contributed by atoms with Crippen molar-refractivity contribution in [1.82, 2.24) is 4.98 Å². The maximum atomic E-state index is 12.8. The number of para-hydroxylation sites is 1. The summed E-state index contributed by atoms with van der Waals surface area (Å²) in [6, 6.07) is 11.9. The number of aromatic nitrogens is 1. The van der Waals surface area contributed by atoms with Crippen LogP contribution in [0.25, 0.3) is 9.88 Å².